The number of hydrogen-bond acceptors (Lipinski definition) is 4. The molecule has 0 heterocycles. The highest BCUT2D eigenvalue weighted by Gasteiger charge is 2.34. The molecule has 4 heteroatoms. The molecule has 0 amide bonds. The fourth-order valence-corrected chi connectivity index (χ4v) is 5.00. The third-order valence-corrected chi connectivity index (χ3v) is 6.90. The van der Waals surface area contributed by atoms with Crippen LogP contribution in [0.3, 0.4) is 0 Å². The predicted octanol–water partition coefficient (Wildman–Crippen LogP) is 6.34. The predicted molar refractivity (Wildman–Crippen MR) is 138 cm³/mol. The highest BCUT2D eigenvalue weighted by Crippen LogP contribution is 2.30. The largest absolute Gasteiger partial charge is 0.455 e. The van der Waals surface area contributed by atoms with Gasteiger partial charge in [-0.25, -0.2) is 4.79 Å². The third-order valence-electron chi connectivity index (χ3n) is 6.90. The Morgan fingerprint density at radius 3 is 1.71 bits per heavy atom. The van der Waals surface area contributed by atoms with E-state index >= 15 is 0 Å². The van der Waals surface area contributed by atoms with Crippen molar-refractivity contribution in [3.8, 4) is 0 Å². The van der Waals surface area contributed by atoms with E-state index in [2.05, 4.69) is 29.2 Å². The fourth-order valence-electron chi connectivity index (χ4n) is 5.00. The second kappa shape index (κ2) is 13.0. The topological polar surface area (TPSA) is 46.6 Å². The first-order chi connectivity index (χ1) is 17.2. The molecule has 3 aromatic rings. The molecule has 4 rings (SSSR count). The van der Waals surface area contributed by atoms with Crippen molar-refractivity contribution < 1.29 is 14.3 Å². The van der Waals surface area contributed by atoms with E-state index in [0.717, 1.165) is 29.5 Å². The monoisotopic (exact) mass is 469 g/mol. The Morgan fingerprint density at radius 2 is 1.20 bits per heavy atom. The molecule has 1 aliphatic carbocycles. The van der Waals surface area contributed by atoms with Crippen molar-refractivity contribution in [2.24, 2.45) is 5.92 Å². The number of benzene rings is 3. The fraction of sp³-hybridized carbons (Fsp3) is 0.355. The maximum absolute atomic E-state index is 13.6. The molecule has 0 aliphatic heterocycles. The molecule has 4 nitrogen and oxygen atoms in total. The lowest BCUT2D eigenvalue weighted by atomic mass is 9.83. The molecule has 35 heavy (non-hydrogen) atoms. The van der Waals surface area contributed by atoms with Crippen LogP contribution in [0.4, 0.5) is 0 Å². The van der Waals surface area contributed by atoms with E-state index in [1.807, 2.05) is 66.7 Å². The number of Topliss-reactive ketones (excluding diaryl/α,β-unsaturated/α-hetero) is 1. The summed E-state index contributed by atoms with van der Waals surface area (Å²) >= 11 is 0. The number of carbonyl (C=O) groups excluding carboxylic acids is 2. The van der Waals surface area contributed by atoms with Crippen LogP contribution in [0, 0.1) is 5.92 Å². The lowest BCUT2D eigenvalue weighted by Gasteiger charge is -2.34. The number of rotatable bonds is 11. The van der Waals surface area contributed by atoms with Gasteiger partial charge in [0, 0.05) is 13.1 Å². The SMILES string of the molecule is O=C(OCc1ccccc1)C(=O)C(CC1CCCCC1)N(Cc1ccccc1)Cc1ccccc1. The second-order valence-electron chi connectivity index (χ2n) is 9.56. The molecule has 0 saturated heterocycles. The number of nitrogens with zero attached hydrogens (tertiary/aromatic N) is 1. The second-order valence-corrected chi connectivity index (χ2v) is 9.56. The van der Waals surface area contributed by atoms with Crippen molar-refractivity contribution in [2.45, 2.75) is 64.3 Å². The van der Waals surface area contributed by atoms with Gasteiger partial charge in [-0.15, -0.1) is 0 Å². The van der Waals surface area contributed by atoms with E-state index < -0.39 is 17.8 Å². The summed E-state index contributed by atoms with van der Waals surface area (Å²) in [6.45, 7) is 1.31. The van der Waals surface area contributed by atoms with Crippen LogP contribution in [0.15, 0.2) is 91.0 Å². The van der Waals surface area contributed by atoms with Crippen molar-refractivity contribution in [2.75, 3.05) is 0 Å². The van der Waals surface area contributed by atoms with Gasteiger partial charge >= 0.3 is 5.97 Å². The third kappa shape index (κ3) is 7.63. The molecule has 0 spiro atoms. The molecular weight excluding hydrogens is 434 g/mol. The van der Waals surface area contributed by atoms with Crippen LogP contribution < -0.4 is 0 Å². The number of hydrogen-bond donors (Lipinski definition) is 0. The molecule has 0 radical (unpaired) electrons. The van der Waals surface area contributed by atoms with Crippen molar-refractivity contribution in [1.82, 2.24) is 4.90 Å². The average Bonchev–Trinajstić information content (AvgIpc) is 2.92. The molecular formula is C31H35NO3. The van der Waals surface area contributed by atoms with E-state index in [-0.39, 0.29) is 6.61 Å². The van der Waals surface area contributed by atoms with Crippen LogP contribution in [0.2, 0.25) is 0 Å². The van der Waals surface area contributed by atoms with E-state index in [1.54, 1.807) is 0 Å². The van der Waals surface area contributed by atoms with Crippen molar-refractivity contribution in [1.29, 1.82) is 0 Å². The molecule has 1 aliphatic rings. The quantitative estimate of drug-likeness (QED) is 0.243. The zero-order valence-corrected chi connectivity index (χ0v) is 20.4. The normalized spacial score (nSPS) is 15.0. The van der Waals surface area contributed by atoms with Gasteiger partial charge in [-0.2, -0.15) is 0 Å². The molecule has 1 unspecified atom stereocenters. The minimum Gasteiger partial charge on any atom is -0.455 e. The molecule has 182 valence electrons. The Labute approximate surface area is 208 Å². The van der Waals surface area contributed by atoms with Gasteiger partial charge in [0.1, 0.15) is 6.61 Å². The highest BCUT2D eigenvalue weighted by molar-refractivity contribution is 6.35. The summed E-state index contributed by atoms with van der Waals surface area (Å²) in [4.78, 5) is 28.8. The van der Waals surface area contributed by atoms with Gasteiger partial charge in [0.2, 0.25) is 0 Å². The number of carbonyl (C=O) groups is 2. The van der Waals surface area contributed by atoms with Gasteiger partial charge < -0.3 is 4.74 Å². The molecule has 0 bridgehead atoms. The Balaban J connectivity index is 1.56. The standard InChI is InChI=1S/C31H35NO3/c33-30(31(34)35-24-28-19-11-4-12-20-28)29(21-25-13-5-1-6-14-25)32(22-26-15-7-2-8-16-26)23-27-17-9-3-10-18-27/h2-4,7-12,15-20,25,29H,1,5-6,13-14,21-24H2. The van der Waals surface area contributed by atoms with Crippen molar-refractivity contribution in [3.05, 3.63) is 108 Å². The summed E-state index contributed by atoms with van der Waals surface area (Å²) in [6, 6.07) is 29.4. The van der Waals surface area contributed by atoms with E-state index in [4.69, 9.17) is 4.74 Å². The van der Waals surface area contributed by atoms with Gasteiger partial charge in [0.05, 0.1) is 6.04 Å². The molecule has 3 aromatic carbocycles. The summed E-state index contributed by atoms with van der Waals surface area (Å²) < 4.78 is 5.50. The van der Waals surface area contributed by atoms with Crippen LogP contribution in [0.1, 0.15) is 55.2 Å². The zero-order chi connectivity index (χ0) is 24.3. The Kier molecular flexibility index (Phi) is 9.24. The van der Waals surface area contributed by atoms with E-state index in [0.29, 0.717) is 25.4 Å². The maximum atomic E-state index is 13.6. The zero-order valence-electron chi connectivity index (χ0n) is 20.4. The van der Waals surface area contributed by atoms with Crippen molar-refractivity contribution in [3.63, 3.8) is 0 Å². The van der Waals surface area contributed by atoms with Crippen LogP contribution >= 0.6 is 0 Å². The summed E-state index contributed by atoms with van der Waals surface area (Å²) in [7, 11) is 0. The average molecular weight is 470 g/mol. The number of ketones is 1. The highest BCUT2D eigenvalue weighted by atomic mass is 16.5. The molecule has 0 aromatic heterocycles. The lowest BCUT2D eigenvalue weighted by molar-refractivity contribution is -0.157. The summed E-state index contributed by atoms with van der Waals surface area (Å²) in [5.74, 6) is -0.715. The minimum atomic E-state index is -0.735. The lowest BCUT2D eigenvalue weighted by Crippen LogP contribution is -2.45. The van der Waals surface area contributed by atoms with Gasteiger partial charge in [-0.3, -0.25) is 9.69 Å². The first-order valence-electron chi connectivity index (χ1n) is 12.8. The van der Waals surface area contributed by atoms with Gasteiger partial charge in [-0.05, 0) is 29.0 Å². The molecule has 1 saturated carbocycles. The summed E-state index contributed by atoms with van der Waals surface area (Å²) in [6.07, 6.45) is 6.58. The van der Waals surface area contributed by atoms with Crippen LogP contribution in [-0.2, 0) is 34.0 Å². The Hall–Kier alpha value is -3.24. The van der Waals surface area contributed by atoms with Gasteiger partial charge in [0.15, 0.2) is 0 Å². The summed E-state index contributed by atoms with van der Waals surface area (Å²) in [5.41, 5.74) is 3.13. The van der Waals surface area contributed by atoms with Gasteiger partial charge in [0.25, 0.3) is 5.78 Å². The smallest absolute Gasteiger partial charge is 0.376 e. The first kappa shape index (κ1) is 24.9. The van der Waals surface area contributed by atoms with Crippen LogP contribution in [0.5, 0.6) is 0 Å². The molecule has 1 atom stereocenters. The summed E-state index contributed by atoms with van der Waals surface area (Å²) in [5, 5.41) is 0. The van der Waals surface area contributed by atoms with E-state index in [1.165, 1.54) is 19.3 Å². The molecule has 1 fully saturated rings. The number of esters is 1. The number of ether oxygens (including phenoxy) is 1. The first-order valence-corrected chi connectivity index (χ1v) is 12.8. The van der Waals surface area contributed by atoms with Crippen LogP contribution in [0.25, 0.3) is 0 Å². The minimum absolute atomic E-state index is 0.110. The van der Waals surface area contributed by atoms with Crippen LogP contribution in [-0.4, -0.2) is 22.7 Å². The maximum Gasteiger partial charge on any atom is 0.376 e. The Bertz CT molecular complexity index is 1000. The van der Waals surface area contributed by atoms with Gasteiger partial charge in [-0.1, -0.05) is 123 Å². The van der Waals surface area contributed by atoms with Crippen molar-refractivity contribution >= 4 is 11.8 Å². The van der Waals surface area contributed by atoms with E-state index in [9.17, 15) is 9.59 Å². The molecule has 0 N–H and O–H groups in total. The Morgan fingerprint density at radius 1 is 0.714 bits per heavy atom.